The molecule has 0 amide bonds. The summed E-state index contributed by atoms with van der Waals surface area (Å²) in [6.45, 7) is 2.06. The topological polar surface area (TPSA) is 107 Å². The molecule has 11 heteroatoms. The third-order valence-electron chi connectivity index (χ3n) is 6.80. The zero-order chi connectivity index (χ0) is 26.6. The minimum atomic E-state index is -0.519. The Balaban J connectivity index is 1.58. The maximum Gasteiger partial charge on any atom is 0.253 e. The van der Waals surface area contributed by atoms with E-state index in [0.717, 1.165) is 22.9 Å². The molecule has 2 aromatic carbocycles. The van der Waals surface area contributed by atoms with Crippen LogP contribution in [0.15, 0.2) is 53.3 Å². The van der Waals surface area contributed by atoms with Gasteiger partial charge in [-0.15, -0.1) is 5.10 Å². The first-order valence-electron chi connectivity index (χ1n) is 12.3. The van der Waals surface area contributed by atoms with Gasteiger partial charge in [-0.05, 0) is 52.2 Å². The first-order chi connectivity index (χ1) is 18.5. The molecule has 0 saturated heterocycles. The van der Waals surface area contributed by atoms with Crippen molar-refractivity contribution in [2.45, 2.75) is 19.0 Å². The molecule has 198 valence electrons. The van der Waals surface area contributed by atoms with E-state index in [1.165, 1.54) is 12.1 Å². The van der Waals surface area contributed by atoms with E-state index in [9.17, 15) is 9.18 Å². The summed E-state index contributed by atoms with van der Waals surface area (Å²) in [6.07, 6.45) is 2.83. The molecule has 1 aliphatic rings. The number of nitrogens with one attached hydrogen (secondary N) is 1. The van der Waals surface area contributed by atoms with Crippen molar-refractivity contribution in [1.82, 2.24) is 30.1 Å². The molecule has 0 saturated carbocycles. The molecule has 0 radical (unpaired) electrons. The minimum Gasteiger partial charge on any atom is -0.493 e. The van der Waals surface area contributed by atoms with Crippen molar-refractivity contribution in [3.63, 3.8) is 0 Å². The summed E-state index contributed by atoms with van der Waals surface area (Å²) in [4.78, 5) is 18.7. The summed E-state index contributed by atoms with van der Waals surface area (Å²) in [5.74, 6) is 1.37. The number of H-pyrrole nitrogens is 1. The Hall–Kier alpha value is -4.09. The van der Waals surface area contributed by atoms with Gasteiger partial charge in [0.1, 0.15) is 11.9 Å². The predicted molar refractivity (Wildman–Crippen MR) is 140 cm³/mol. The summed E-state index contributed by atoms with van der Waals surface area (Å²) in [5.41, 5.74) is 3.01. The number of halogens is 1. The van der Waals surface area contributed by atoms with Crippen LogP contribution in [0.3, 0.4) is 0 Å². The molecule has 3 heterocycles. The number of hydrogen-bond acceptors (Lipinski definition) is 8. The van der Waals surface area contributed by atoms with Crippen molar-refractivity contribution in [1.29, 1.82) is 0 Å². The number of rotatable bonds is 9. The summed E-state index contributed by atoms with van der Waals surface area (Å²) in [5, 5.41) is 13.2. The summed E-state index contributed by atoms with van der Waals surface area (Å²) in [7, 11) is 4.74. The van der Waals surface area contributed by atoms with Crippen molar-refractivity contribution in [3.8, 4) is 11.5 Å². The largest absolute Gasteiger partial charge is 0.493 e. The summed E-state index contributed by atoms with van der Waals surface area (Å²) in [6, 6.07) is 11.4. The summed E-state index contributed by atoms with van der Waals surface area (Å²) < 4.78 is 31.2. The first kappa shape index (κ1) is 25.6. The van der Waals surface area contributed by atoms with Crippen LogP contribution in [0.5, 0.6) is 11.5 Å². The molecular formula is C27H29FN6O4. The Morgan fingerprint density at radius 2 is 1.84 bits per heavy atom. The quantitative estimate of drug-likeness (QED) is 0.359. The van der Waals surface area contributed by atoms with Gasteiger partial charge >= 0.3 is 0 Å². The highest BCUT2D eigenvalue weighted by atomic mass is 19.1. The Morgan fingerprint density at radius 3 is 2.53 bits per heavy atom. The van der Waals surface area contributed by atoms with E-state index in [-0.39, 0.29) is 11.4 Å². The van der Waals surface area contributed by atoms with Gasteiger partial charge in [-0.1, -0.05) is 18.2 Å². The third kappa shape index (κ3) is 5.02. The lowest BCUT2D eigenvalue weighted by Crippen LogP contribution is -2.38. The monoisotopic (exact) mass is 520 g/mol. The van der Waals surface area contributed by atoms with E-state index in [0.29, 0.717) is 54.6 Å². The molecular weight excluding hydrogens is 491 g/mol. The number of pyridine rings is 1. The number of fused-ring (bicyclic) bond motifs is 1. The lowest BCUT2D eigenvalue weighted by Gasteiger charge is -2.33. The zero-order valence-electron chi connectivity index (χ0n) is 21.5. The molecule has 1 atom stereocenters. The fourth-order valence-corrected chi connectivity index (χ4v) is 4.84. The summed E-state index contributed by atoms with van der Waals surface area (Å²) >= 11 is 0. The number of methoxy groups -OCH3 is 3. The van der Waals surface area contributed by atoms with Crippen LogP contribution < -0.4 is 15.0 Å². The molecule has 0 spiro atoms. The van der Waals surface area contributed by atoms with E-state index in [1.807, 2.05) is 12.1 Å². The van der Waals surface area contributed by atoms with Gasteiger partial charge in [0.25, 0.3) is 5.56 Å². The number of benzene rings is 2. The molecule has 0 bridgehead atoms. The molecule has 4 aromatic rings. The van der Waals surface area contributed by atoms with Crippen LogP contribution >= 0.6 is 0 Å². The number of hydrogen-bond donors (Lipinski definition) is 1. The Labute approximate surface area is 218 Å². The molecule has 0 aliphatic carbocycles. The molecule has 0 unspecified atom stereocenters. The van der Waals surface area contributed by atoms with Crippen LogP contribution in [0.1, 0.15) is 29.4 Å². The highest BCUT2D eigenvalue weighted by Crippen LogP contribution is 2.34. The average molecular weight is 521 g/mol. The van der Waals surface area contributed by atoms with E-state index in [2.05, 4.69) is 31.5 Å². The number of aromatic amines is 1. The number of nitrogens with zero attached hydrogens (tertiary/aromatic N) is 5. The van der Waals surface area contributed by atoms with Gasteiger partial charge in [0.05, 0.1) is 32.9 Å². The van der Waals surface area contributed by atoms with Gasteiger partial charge in [-0.2, -0.15) is 0 Å². The van der Waals surface area contributed by atoms with Gasteiger partial charge in [0.2, 0.25) is 0 Å². The van der Waals surface area contributed by atoms with Crippen LogP contribution in [-0.4, -0.2) is 71.1 Å². The second kappa shape index (κ2) is 11.1. The Kier molecular flexibility index (Phi) is 7.47. The van der Waals surface area contributed by atoms with Crippen molar-refractivity contribution < 1.29 is 18.6 Å². The van der Waals surface area contributed by atoms with Crippen LogP contribution in [0.25, 0.3) is 16.5 Å². The fraction of sp³-hybridized carbons (Fsp3) is 0.333. The van der Waals surface area contributed by atoms with E-state index in [1.54, 1.807) is 44.2 Å². The van der Waals surface area contributed by atoms with E-state index < -0.39 is 6.04 Å². The second-order valence-corrected chi connectivity index (χ2v) is 8.98. The zero-order valence-corrected chi connectivity index (χ0v) is 21.5. The highest BCUT2D eigenvalue weighted by Gasteiger charge is 2.31. The molecule has 1 N–H and O–H groups in total. The molecule has 38 heavy (non-hydrogen) atoms. The first-order valence-corrected chi connectivity index (χ1v) is 12.3. The van der Waals surface area contributed by atoms with Gasteiger partial charge in [0.15, 0.2) is 17.3 Å². The molecule has 2 aromatic heterocycles. The van der Waals surface area contributed by atoms with Crippen molar-refractivity contribution >= 4 is 16.5 Å². The molecule has 1 aliphatic heterocycles. The van der Waals surface area contributed by atoms with Crippen LogP contribution in [0, 0.1) is 5.82 Å². The van der Waals surface area contributed by atoms with Crippen LogP contribution in [0.4, 0.5) is 4.39 Å². The molecule has 10 nitrogen and oxygen atoms in total. The number of ether oxygens (including phenoxy) is 3. The maximum absolute atomic E-state index is 13.5. The average Bonchev–Trinajstić information content (AvgIpc) is 3.40. The number of tetrazole rings is 1. The standard InChI is InChI=1S/C27H29FN6O4/c1-36-13-12-34-26(30-31-32-34)25(33-10-8-18(9-11-33)17-4-6-20(28)7-5-17)21-14-19-15-23(37-2)24(38-3)16-22(19)29-27(21)35/h4-8,14-16,25H,9-13H2,1-3H3,(H,29,35)/t25-/m1/s1. The molecule has 5 rings (SSSR count). The highest BCUT2D eigenvalue weighted by molar-refractivity contribution is 5.83. The predicted octanol–water partition coefficient (Wildman–Crippen LogP) is 3.20. The number of aromatic nitrogens is 5. The lowest BCUT2D eigenvalue weighted by molar-refractivity contribution is 0.176. The van der Waals surface area contributed by atoms with E-state index in [4.69, 9.17) is 14.2 Å². The fourth-order valence-electron chi connectivity index (χ4n) is 4.84. The van der Waals surface area contributed by atoms with Crippen LogP contribution in [-0.2, 0) is 11.3 Å². The Bertz CT molecular complexity index is 1510. The minimum absolute atomic E-state index is 0.246. The maximum atomic E-state index is 13.5. The third-order valence-corrected chi connectivity index (χ3v) is 6.80. The lowest BCUT2D eigenvalue weighted by atomic mass is 9.96. The second-order valence-electron chi connectivity index (χ2n) is 8.98. The van der Waals surface area contributed by atoms with Crippen LogP contribution in [0.2, 0.25) is 0 Å². The van der Waals surface area contributed by atoms with Gasteiger partial charge in [-0.25, -0.2) is 9.07 Å². The molecule has 0 fully saturated rings. The van der Waals surface area contributed by atoms with Gasteiger partial charge in [0, 0.05) is 37.2 Å². The van der Waals surface area contributed by atoms with Crippen molar-refractivity contribution in [2.75, 3.05) is 41.0 Å². The van der Waals surface area contributed by atoms with Crippen molar-refractivity contribution in [2.24, 2.45) is 0 Å². The SMILES string of the molecule is COCCn1nnnc1[C@@H](c1cc2cc(OC)c(OC)cc2[nH]c1=O)N1CC=C(c2ccc(F)cc2)CC1. The van der Waals surface area contributed by atoms with Gasteiger partial charge < -0.3 is 19.2 Å². The normalized spacial score (nSPS) is 14.9. The smallest absolute Gasteiger partial charge is 0.253 e. The van der Waals surface area contributed by atoms with Crippen molar-refractivity contribution in [3.05, 3.63) is 81.7 Å². The Morgan fingerprint density at radius 1 is 1.08 bits per heavy atom. The van der Waals surface area contributed by atoms with E-state index >= 15 is 0 Å². The van der Waals surface area contributed by atoms with Gasteiger partial charge in [-0.3, -0.25) is 9.69 Å².